The SMILES string of the molecule is O=C(CCn1nnc2ccccc21)N1CCOCCOc2ccccc2Oc2ncccc2C1. The lowest BCUT2D eigenvalue weighted by Crippen LogP contribution is -2.34. The number of aromatic nitrogens is 4. The Morgan fingerprint density at radius 2 is 1.79 bits per heavy atom. The predicted octanol–water partition coefficient (Wildman–Crippen LogP) is 3.45. The van der Waals surface area contributed by atoms with Crippen LogP contribution in [0.5, 0.6) is 17.4 Å². The van der Waals surface area contributed by atoms with Crippen molar-refractivity contribution in [3.63, 3.8) is 0 Å². The van der Waals surface area contributed by atoms with Crippen molar-refractivity contribution < 1.29 is 19.0 Å². The third-order valence-electron chi connectivity index (χ3n) is 5.57. The van der Waals surface area contributed by atoms with Gasteiger partial charge in [-0.3, -0.25) is 4.79 Å². The van der Waals surface area contributed by atoms with E-state index in [1.807, 2.05) is 60.7 Å². The summed E-state index contributed by atoms with van der Waals surface area (Å²) in [6.07, 6.45) is 1.96. The third kappa shape index (κ3) is 4.99. The number of hydrogen-bond acceptors (Lipinski definition) is 7. The Labute approximate surface area is 196 Å². The van der Waals surface area contributed by atoms with Crippen LogP contribution in [0.15, 0.2) is 66.9 Å². The molecule has 0 aliphatic carbocycles. The molecule has 174 valence electrons. The zero-order valence-corrected chi connectivity index (χ0v) is 18.7. The lowest BCUT2D eigenvalue weighted by molar-refractivity contribution is -0.133. The second kappa shape index (κ2) is 10.3. The van der Waals surface area contributed by atoms with Crippen LogP contribution in [0, 0.1) is 0 Å². The van der Waals surface area contributed by atoms with Gasteiger partial charge in [0.05, 0.1) is 31.8 Å². The monoisotopic (exact) mass is 459 g/mol. The first-order valence-corrected chi connectivity index (χ1v) is 11.3. The number of benzene rings is 2. The van der Waals surface area contributed by atoms with Gasteiger partial charge in [-0.05, 0) is 30.3 Å². The maximum atomic E-state index is 13.2. The zero-order chi connectivity index (χ0) is 23.2. The van der Waals surface area contributed by atoms with Gasteiger partial charge >= 0.3 is 0 Å². The molecule has 0 N–H and O–H groups in total. The average Bonchev–Trinajstić information content (AvgIpc) is 3.29. The van der Waals surface area contributed by atoms with E-state index in [9.17, 15) is 4.79 Å². The van der Waals surface area contributed by atoms with Crippen molar-refractivity contribution in [3.05, 3.63) is 72.4 Å². The lowest BCUT2D eigenvalue weighted by Gasteiger charge is -2.23. The number of carbonyl (C=O) groups is 1. The molecule has 9 heteroatoms. The summed E-state index contributed by atoms with van der Waals surface area (Å²) >= 11 is 0. The number of aryl methyl sites for hydroxylation is 1. The average molecular weight is 460 g/mol. The van der Waals surface area contributed by atoms with E-state index < -0.39 is 0 Å². The number of fused-ring (bicyclic) bond motifs is 3. The Hall–Kier alpha value is -3.98. The molecule has 9 nitrogen and oxygen atoms in total. The molecule has 2 aromatic heterocycles. The molecule has 34 heavy (non-hydrogen) atoms. The number of amides is 1. The standard InChI is InChI=1S/C25H25N5O4/c31-24(11-13-30-21-8-2-1-7-20(21)27-28-30)29-14-15-32-16-17-33-22-9-3-4-10-23(22)34-25-19(18-29)6-5-12-26-25/h1-10,12H,11,13-18H2. The number of ether oxygens (including phenoxy) is 3. The van der Waals surface area contributed by atoms with E-state index >= 15 is 0 Å². The molecular weight excluding hydrogens is 434 g/mol. The molecule has 2 aromatic carbocycles. The molecule has 0 saturated heterocycles. The highest BCUT2D eigenvalue weighted by Gasteiger charge is 2.19. The fourth-order valence-corrected chi connectivity index (χ4v) is 3.82. The minimum absolute atomic E-state index is 0.00972. The molecule has 0 fully saturated rings. The van der Waals surface area contributed by atoms with Crippen molar-refractivity contribution in [1.29, 1.82) is 0 Å². The number of rotatable bonds is 3. The smallest absolute Gasteiger partial charge is 0.224 e. The van der Waals surface area contributed by atoms with Crippen LogP contribution in [0.25, 0.3) is 11.0 Å². The largest absolute Gasteiger partial charge is 0.487 e. The quantitative estimate of drug-likeness (QED) is 0.463. The first-order valence-electron chi connectivity index (χ1n) is 11.3. The summed E-state index contributed by atoms with van der Waals surface area (Å²) in [6, 6.07) is 18.9. The molecule has 1 aliphatic heterocycles. The highest BCUT2D eigenvalue weighted by Crippen LogP contribution is 2.32. The zero-order valence-electron chi connectivity index (χ0n) is 18.7. The molecule has 0 spiro atoms. The maximum Gasteiger partial charge on any atom is 0.224 e. The fourth-order valence-electron chi connectivity index (χ4n) is 3.82. The Kier molecular flexibility index (Phi) is 6.62. The Balaban J connectivity index is 1.35. The van der Waals surface area contributed by atoms with Crippen molar-refractivity contribution in [1.82, 2.24) is 24.9 Å². The first-order chi connectivity index (χ1) is 16.8. The van der Waals surface area contributed by atoms with Gasteiger partial charge < -0.3 is 19.1 Å². The van der Waals surface area contributed by atoms with E-state index in [4.69, 9.17) is 14.2 Å². The summed E-state index contributed by atoms with van der Waals surface area (Å²) in [5, 5.41) is 8.36. The van der Waals surface area contributed by atoms with E-state index in [-0.39, 0.29) is 12.3 Å². The number of pyridine rings is 1. The van der Waals surface area contributed by atoms with Crippen LogP contribution < -0.4 is 9.47 Å². The van der Waals surface area contributed by atoms with Crippen molar-refractivity contribution in [2.24, 2.45) is 0 Å². The molecule has 1 aliphatic rings. The highest BCUT2D eigenvalue weighted by molar-refractivity contribution is 5.77. The Morgan fingerprint density at radius 3 is 2.74 bits per heavy atom. The Morgan fingerprint density at radius 1 is 0.941 bits per heavy atom. The van der Waals surface area contributed by atoms with Gasteiger partial charge in [0, 0.05) is 24.7 Å². The van der Waals surface area contributed by atoms with Gasteiger partial charge in [0.25, 0.3) is 0 Å². The van der Waals surface area contributed by atoms with Gasteiger partial charge in [-0.1, -0.05) is 35.5 Å². The number of hydrogen-bond donors (Lipinski definition) is 0. The van der Waals surface area contributed by atoms with Crippen molar-refractivity contribution >= 4 is 16.9 Å². The summed E-state index contributed by atoms with van der Waals surface area (Å²) in [5.41, 5.74) is 2.52. The van der Waals surface area contributed by atoms with Crippen LogP contribution in [0.2, 0.25) is 0 Å². The summed E-state index contributed by atoms with van der Waals surface area (Å²) in [7, 11) is 0. The van der Waals surface area contributed by atoms with Crippen molar-refractivity contribution in [2.45, 2.75) is 19.5 Å². The molecule has 1 amide bonds. The number of para-hydroxylation sites is 3. The maximum absolute atomic E-state index is 13.2. The molecule has 5 rings (SSSR count). The normalized spacial score (nSPS) is 14.5. The summed E-state index contributed by atoms with van der Waals surface area (Å²) < 4.78 is 19.4. The van der Waals surface area contributed by atoms with Gasteiger partial charge in [0.2, 0.25) is 11.8 Å². The minimum Gasteiger partial charge on any atom is -0.487 e. The van der Waals surface area contributed by atoms with Gasteiger partial charge in [-0.15, -0.1) is 5.10 Å². The van der Waals surface area contributed by atoms with Crippen molar-refractivity contribution in [3.8, 4) is 17.4 Å². The van der Waals surface area contributed by atoms with Crippen LogP contribution >= 0.6 is 0 Å². The van der Waals surface area contributed by atoms with E-state index in [0.717, 1.165) is 16.6 Å². The number of carbonyl (C=O) groups excluding carboxylic acids is 1. The van der Waals surface area contributed by atoms with Crippen LogP contribution in [0.4, 0.5) is 0 Å². The summed E-state index contributed by atoms with van der Waals surface area (Å²) in [6.45, 7) is 2.42. The molecule has 4 aromatic rings. The second-order valence-electron chi connectivity index (χ2n) is 7.84. The fraction of sp³-hybridized carbons (Fsp3) is 0.280. The summed E-state index contributed by atoms with van der Waals surface area (Å²) in [4.78, 5) is 19.4. The van der Waals surface area contributed by atoms with Crippen LogP contribution in [-0.4, -0.2) is 57.2 Å². The first kappa shape index (κ1) is 21.8. The highest BCUT2D eigenvalue weighted by atomic mass is 16.5. The van der Waals surface area contributed by atoms with E-state index in [1.165, 1.54) is 0 Å². The molecule has 0 saturated carbocycles. The third-order valence-corrected chi connectivity index (χ3v) is 5.57. The summed E-state index contributed by atoms with van der Waals surface area (Å²) in [5.74, 6) is 1.62. The molecule has 0 bridgehead atoms. The lowest BCUT2D eigenvalue weighted by atomic mass is 10.2. The molecule has 0 unspecified atom stereocenters. The van der Waals surface area contributed by atoms with E-state index in [0.29, 0.717) is 56.8 Å². The van der Waals surface area contributed by atoms with Crippen LogP contribution in [0.1, 0.15) is 12.0 Å². The topological polar surface area (TPSA) is 91.6 Å². The van der Waals surface area contributed by atoms with Crippen LogP contribution in [0.3, 0.4) is 0 Å². The number of nitrogens with zero attached hydrogens (tertiary/aromatic N) is 5. The Bertz CT molecular complexity index is 1270. The molecular formula is C25H25N5O4. The second-order valence-corrected chi connectivity index (χ2v) is 7.84. The molecule has 0 radical (unpaired) electrons. The molecule has 3 heterocycles. The van der Waals surface area contributed by atoms with Crippen molar-refractivity contribution in [2.75, 3.05) is 26.4 Å². The predicted molar refractivity (Wildman–Crippen MR) is 125 cm³/mol. The van der Waals surface area contributed by atoms with Gasteiger partial charge in [0.1, 0.15) is 12.1 Å². The van der Waals surface area contributed by atoms with E-state index in [2.05, 4.69) is 15.3 Å². The van der Waals surface area contributed by atoms with Crippen LogP contribution in [-0.2, 0) is 22.6 Å². The van der Waals surface area contributed by atoms with Gasteiger partial charge in [-0.25, -0.2) is 9.67 Å². The van der Waals surface area contributed by atoms with E-state index in [1.54, 1.807) is 15.8 Å². The minimum atomic E-state index is -0.00972. The molecule has 0 atom stereocenters. The van der Waals surface area contributed by atoms with Gasteiger partial charge in [0.15, 0.2) is 11.5 Å². The van der Waals surface area contributed by atoms with Gasteiger partial charge in [-0.2, -0.15) is 0 Å².